The number of carbonyl (C=O) groups excluding carboxylic acids is 2. The second kappa shape index (κ2) is 11.6. The minimum atomic E-state index is -3.84. The largest absolute Gasteiger partial charge is 0.454 e. The van der Waals surface area contributed by atoms with Gasteiger partial charge in [0.1, 0.15) is 12.6 Å². The maximum absolute atomic E-state index is 13.7. The van der Waals surface area contributed by atoms with E-state index in [-0.39, 0.29) is 31.0 Å². The molecule has 0 radical (unpaired) electrons. The summed E-state index contributed by atoms with van der Waals surface area (Å²) < 4.78 is 37.2. The molecular weight excluding hydrogens is 518 g/mol. The van der Waals surface area contributed by atoms with Gasteiger partial charge in [0.05, 0.1) is 11.9 Å². The van der Waals surface area contributed by atoms with Gasteiger partial charge in [-0.3, -0.25) is 13.9 Å². The summed E-state index contributed by atoms with van der Waals surface area (Å²) in [6, 6.07) is 11.0. The normalized spacial score (nSPS) is 16.2. The molecule has 0 aromatic heterocycles. The van der Waals surface area contributed by atoms with Crippen molar-refractivity contribution in [2.75, 3.05) is 23.9 Å². The second-order valence-corrected chi connectivity index (χ2v) is 11.8. The van der Waals surface area contributed by atoms with Crippen LogP contribution in [0.2, 0.25) is 5.02 Å². The lowest BCUT2D eigenvalue weighted by Gasteiger charge is -2.33. The average molecular weight is 550 g/mol. The summed E-state index contributed by atoms with van der Waals surface area (Å²) in [5, 5.41) is 3.58. The molecule has 1 fully saturated rings. The van der Waals surface area contributed by atoms with Gasteiger partial charge in [-0.25, -0.2) is 8.42 Å². The van der Waals surface area contributed by atoms with Gasteiger partial charge < -0.3 is 19.7 Å². The van der Waals surface area contributed by atoms with E-state index in [1.807, 2.05) is 6.07 Å². The molecule has 11 heteroatoms. The van der Waals surface area contributed by atoms with Crippen molar-refractivity contribution >= 4 is 39.1 Å². The Kier molecular flexibility index (Phi) is 8.49. The molecule has 1 N–H and O–H groups in total. The molecule has 1 heterocycles. The van der Waals surface area contributed by atoms with Crippen LogP contribution in [0.15, 0.2) is 42.5 Å². The molecule has 9 nitrogen and oxygen atoms in total. The third kappa shape index (κ3) is 6.87. The first-order valence-electron chi connectivity index (χ1n) is 12.3. The molecule has 37 heavy (non-hydrogen) atoms. The fourth-order valence-electron chi connectivity index (χ4n) is 4.64. The SMILES string of the molecule is CC(C(=O)NC1CCCCC1)N(Cc1cccc(Cl)c1)C(=O)CN(c1ccc2c(c1)OCO2)S(C)(=O)=O. The number of nitrogens with zero attached hydrogens (tertiary/aromatic N) is 2. The maximum atomic E-state index is 13.7. The molecule has 4 rings (SSSR count). The molecule has 1 aliphatic heterocycles. The van der Waals surface area contributed by atoms with Crippen LogP contribution < -0.4 is 19.1 Å². The fourth-order valence-corrected chi connectivity index (χ4v) is 5.69. The van der Waals surface area contributed by atoms with Crippen LogP contribution in [0, 0.1) is 0 Å². The molecule has 1 atom stereocenters. The van der Waals surface area contributed by atoms with E-state index in [9.17, 15) is 18.0 Å². The quantitative estimate of drug-likeness (QED) is 0.511. The van der Waals surface area contributed by atoms with E-state index in [4.69, 9.17) is 21.1 Å². The van der Waals surface area contributed by atoms with E-state index in [0.29, 0.717) is 16.5 Å². The van der Waals surface area contributed by atoms with Crippen molar-refractivity contribution in [2.24, 2.45) is 0 Å². The van der Waals surface area contributed by atoms with Crippen LogP contribution in [0.1, 0.15) is 44.6 Å². The summed E-state index contributed by atoms with van der Waals surface area (Å²) in [6.07, 6.45) is 6.12. The molecule has 2 aromatic rings. The average Bonchev–Trinajstić information content (AvgIpc) is 3.33. The summed E-state index contributed by atoms with van der Waals surface area (Å²) >= 11 is 6.16. The Morgan fingerprint density at radius 1 is 1.08 bits per heavy atom. The van der Waals surface area contributed by atoms with Crippen molar-refractivity contribution < 1.29 is 27.5 Å². The molecular formula is C26H32ClN3O6S. The van der Waals surface area contributed by atoms with Gasteiger partial charge in [0.2, 0.25) is 28.6 Å². The van der Waals surface area contributed by atoms with E-state index in [2.05, 4.69) is 5.32 Å². The Hall–Kier alpha value is -2.98. The molecule has 1 unspecified atom stereocenters. The summed E-state index contributed by atoms with van der Waals surface area (Å²) in [4.78, 5) is 28.3. The van der Waals surface area contributed by atoms with Gasteiger partial charge >= 0.3 is 0 Å². The van der Waals surface area contributed by atoms with Crippen LogP contribution in [0.4, 0.5) is 5.69 Å². The van der Waals surface area contributed by atoms with Crippen LogP contribution in [0.25, 0.3) is 0 Å². The van der Waals surface area contributed by atoms with Crippen LogP contribution in [-0.4, -0.2) is 56.8 Å². The minimum Gasteiger partial charge on any atom is -0.454 e. The zero-order valence-electron chi connectivity index (χ0n) is 21.0. The van der Waals surface area contributed by atoms with Crippen molar-refractivity contribution in [3.8, 4) is 11.5 Å². The first kappa shape index (κ1) is 27.1. The highest BCUT2D eigenvalue weighted by Crippen LogP contribution is 2.36. The predicted octanol–water partition coefficient (Wildman–Crippen LogP) is 3.70. The standard InChI is InChI=1S/C26H32ClN3O6S/c1-18(26(32)28-21-9-4-3-5-10-21)29(15-19-7-6-8-20(27)13-19)25(31)16-30(37(2,33)34)22-11-12-23-24(14-22)36-17-35-23/h6-8,11-14,18,21H,3-5,9-10,15-17H2,1-2H3,(H,28,32). The highest BCUT2D eigenvalue weighted by Gasteiger charge is 2.31. The highest BCUT2D eigenvalue weighted by molar-refractivity contribution is 7.92. The van der Waals surface area contributed by atoms with Gasteiger partial charge in [-0.15, -0.1) is 0 Å². The maximum Gasteiger partial charge on any atom is 0.244 e. The van der Waals surface area contributed by atoms with Gasteiger partial charge in [0.15, 0.2) is 11.5 Å². The van der Waals surface area contributed by atoms with E-state index < -0.39 is 28.5 Å². The van der Waals surface area contributed by atoms with E-state index in [1.54, 1.807) is 37.3 Å². The lowest BCUT2D eigenvalue weighted by atomic mass is 9.95. The number of nitrogens with one attached hydrogen (secondary N) is 1. The molecule has 2 amide bonds. The number of fused-ring (bicyclic) bond motifs is 1. The number of carbonyl (C=O) groups is 2. The Labute approximate surface area is 222 Å². The van der Waals surface area contributed by atoms with Gasteiger partial charge in [0.25, 0.3) is 0 Å². The number of anilines is 1. The van der Waals surface area contributed by atoms with Crippen molar-refractivity contribution in [2.45, 2.75) is 57.7 Å². The van der Waals surface area contributed by atoms with Crippen LogP contribution in [0.5, 0.6) is 11.5 Å². The van der Waals surface area contributed by atoms with E-state index in [0.717, 1.165) is 48.2 Å². The van der Waals surface area contributed by atoms with Gasteiger partial charge in [0, 0.05) is 23.7 Å². The lowest BCUT2D eigenvalue weighted by Crippen LogP contribution is -2.52. The molecule has 200 valence electrons. The molecule has 1 saturated carbocycles. The molecule has 2 aromatic carbocycles. The number of hydrogen-bond donors (Lipinski definition) is 1. The van der Waals surface area contributed by atoms with Crippen molar-refractivity contribution in [1.29, 1.82) is 0 Å². The van der Waals surface area contributed by atoms with Crippen molar-refractivity contribution in [1.82, 2.24) is 10.2 Å². The third-order valence-corrected chi connectivity index (χ3v) is 8.06. The topological polar surface area (TPSA) is 105 Å². The molecule has 0 spiro atoms. The minimum absolute atomic E-state index is 0.0393. The Morgan fingerprint density at radius 2 is 1.81 bits per heavy atom. The molecule has 0 saturated heterocycles. The van der Waals surface area contributed by atoms with Crippen LogP contribution in [0.3, 0.4) is 0 Å². The lowest BCUT2D eigenvalue weighted by molar-refractivity contribution is -0.139. The summed E-state index contributed by atoms with van der Waals surface area (Å²) in [7, 11) is -3.84. The van der Waals surface area contributed by atoms with Gasteiger partial charge in [-0.05, 0) is 49.6 Å². The van der Waals surface area contributed by atoms with E-state index >= 15 is 0 Å². The van der Waals surface area contributed by atoms with Crippen LogP contribution >= 0.6 is 11.6 Å². The Morgan fingerprint density at radius 3 is 2.51 bits per heavy atom. The molecule has 0 bridgehead atoms. The zero-order valence-corrected chi connectivity index (χ0v) is 22.6. The number of amides is 2. The third-order valence-electron chi connectivity index (χ3n) is 6.68. The fraction of sp³-hybridized carbons (Fsp3) is 0.462. The van der Waals surface area contributed by atoms with Crippen LogP contribution in [-0.2, 0) is 26.2 Å². The summed E-state index contributed by atoms with van der Waals surface area (Å²) in [5.74, 6) is 0.111. The number of sulfonamides is 1. The smallest absolute Gasteiger partial charge is 0.244 e. The van der Waals surface area contributed by atoms with Crippen molar-refractivity contribution in [3.05, 3.63) is 53.1 Å². The number of halogens is 1. The summed E-state index contributed by atoms with van der Waals surface area (Å²) in [5.41, 5.74) is 0.995. The number of ether oxygens (including phenoxy) is 2. The predicted molar refractivity (Wildman–Crippen MR) is 141 cm³/mol. The first-order chi connectivity index (χ1) is 17.6. The Balaban J connectivity index is 1.59. The second-order valence-electron chi connectivity index (χ2n) is 9.48. The number of benzene rings is 2. The Bertz CT molecular complexity index is 1250. The summed E-state index contributed by atoms with van der Waals surface area (Å²) in [6.45, 7) is 1.31. The monoisotopic (exact) mass is 549 g/mol. The molecule has 1 aliphatic carbocycles. The zero-order chi connectivity index (χ0) is 26.6. The van der Waals surface area contributed by atoms with Gasteiger partial charge in [-0.2, -0.15) is 0 Å². The number of rotatable bonds is 9. The molecule has 2 aliphatic rings. The van der Waals surface area contributed by atoms with E-state index in [1.165, 1.54) is 11.0 Å². The van der Waals surface area contributed by atoms with Gasteiger partial charge in [-0.1, -0.05) is 43.0 Å². The first-order valence-corrected chi connectivity index (χ1v) is 14.6. The number of hydrogen-bond acceptors (Lipinski definition) is 6. The van der Waals surface area contributed by atoms with Crippen molar-refractivity contribution in [3.63, 3.8) is 0 Å². The highest BCUT2D eigenvalue weighted by atomic mass is 35.5.